The van der Waals surface area contributed by atoms with Crippen molar-refractivity contribution in [2.75, 3.05) is 13.2 Å². The Morgan fingerprint density at radius 1 is 1.15 bits per heavy atom. The summed E-state index contributed by atoms with van der Waals surface area (Å²) in [6.07, 6.45) is -4.42. The molecule has 0 aromatic heterocycles. The third-order valence-electron chi connectivity index (χ3n) is 3.37. The second kappa shape index (κ2) is 8.32. The van der Waals surface area contributed by atoms with E-state index in [9.17, 15) is 28.1 Å². The number of nitrogens with one attached hydrogen (secondary N) is 1. The number of benzene rings is 2. The number of rotatable bonds is 7. The molecule has 6 nitrogen and oxygen atoms in total. The van der Waals surface area contributed by atoms with Gasteiger partial charge in [0.15, 0.2) is 0 Å². The van der Waals surface area contributed by atoms with Crippen molar-refractivity contribution < 1.29 is 27.6 Å². The molecule has 0 aliphatic rings. The van der Waals surface area contributed by atoms with Crippen LogP contribution in [0.5, 0.6) is 5.75 Å². The number of nitro groups is 1. The van der Waals surface area contributed by atoms with E-state index < -0.39 is 16.7 Å². The highest BCUT2D eigenvalue weighted by molar-refractivity contribution is 5.78. The Morgan fingerprint density at radius 2 is 1.85 bits per heavy atom. The highest BCUT2D eigenvalue weighted by Crippen LogP contribution is 2.31. The molecule has 0 saturated heterocycles. The van der Waals surface area contributed by atoms with Crippen LogP contribution in [-0.4, -0.2) is 24.0 Å². The third kappa shape index (κ3) is 5.76. The van der Waals surface area contributed by atoms with E-state index in [2.05, 4.69) is 5.32 Å². The fourth-order valence-corrected chi connectivity index (χ4v) is 2.10. The van der Waals surface area contributed by atoms with E-state index in [0.29, 0.717) is 5.56 Å². The van der Waals surface area contributed by atoms with Gasteiger partial charge in [-0.3, -0.25) is 14.9 Å². The minimum Gasteiger partial charge on any atom is -0.492 e. The molecule has 2 rings (SSSR count). The predicted octanol–water partition coefficient (Wildman–Crippen LogP) is 3.35. The average Bonchev–Trinajstić information content (AvgIpc) is 2.59. The first kappa shape index (κ1) is 19.2. The fourth-order valence-electron chi connectivity index (χ4n) is 2.10. The van der Waals surface area contributed by atoms with Crippen LogP contribution in [0, 0.1) is 10.1 Å². The van der Waals surface area contributed by atoms with Crippen molar-refractivity contribution in [1.82, 2.24) is 5.32 Å². The van der Waals surface area contributed by atoms with E-state index in [1.807, 2.05) is 0 Å². The normalized spacial score (nSPS) is 11.0. The summed E-state index contributed by atoms with van der Waals surface area (Å²) in [5, 5.41) is 13.1. The Kier molecular flexibility index (Phi) is 6.16. The number of non-ortho nitro benzene ring substituents is 1. The Hall–Kier alpha value is -3.10. The number of amides is 1. The molecule has 1 amide bonds. The maximum Gasteiger partial charge on any atom is 0.416 e. The summed E-state index contributed by atoms with van der Waals surface area (Å²) in [7, 11) is 0. The van der Waals surface area contributed by atoms with Gasteiger partial charge in [0.1, 0.15) is 12.4 Å². The number of nitro benzene ring substituents is 1. The first-order valence-corrected chi connectivity index (χ1v) is 7.56. The summed E-state index contributed by atoms with van der Waals surface area (Å²) in [5.41, 5.74) is -0.271. The Bertz CT molecular complexity index is 776. The molecule has 138 valence electrons. The summed E-state index contributed by atoms with van der Waals surface area (Å²) in [6, 6.07) is 10.0. The minimum absolute atomic E-state index is 0.00725. The molecule has 0 aliphatic heterocycles. The number of carbonyl (C=O) groups is 1. The van der Waals surface area contributed by atoms with Crippen LogP contribution < -0.4 is 10.1 Å². The summed E-state index contributed by atoms with van der Waals surface area (Å²) in [4.78, 5) is 21.8. The van der Waals surface area contributed by atoms with Crippen LogP contribution in [0.25, 0.3) is 0 Å². The Labute approximate surface area is 146 Å². The van der Waals surface area contributed by atoms with Crippen LogP contribution in [0.1, 0.15) is 11.1 Å². The molecule has 0 aliphatic carbocycles. The minimum atomic E-state index is -4.45. The third-order valence-corrected chi connectivity index (χ3v) is 3.37. The molecule has 26 heavy (non-hydrogen) atoms. The Balaban J connectivity index is 1.76. The van der Waals surface area contributed by atoms with Crippen LogP contribution in [0.15, 0.2) is 48.5 Å². The van der Waals surface area contributed by atoms with Crippen LogP contribution in [-0.2, 0) is 17.4 Å². The van der Waals surface area contributed by atoms with Crippen molar-refractivity contribution in [3.05, 3.63) is 69.8 Å². The summed E-state index contributed by atoms with van der Waals surface area (Å²) in [6.45, 7) is 0.120. The SMILES string of the molecule is O=C(Cc1ccc([N+](=O)[O-])cc1)NCCOc1cccc(C(F)(F)F)c1. The lowest BCUT2D eigenvalue weighted by molar-refractivity contribution is -0.384. The van der Waals surface area contributed by atoms with Crippen molar-refractivity contribution in [2.45, 2.75) is 12.6 Å². The van der Waals surface area contributed by atoms with Gasteiger partial charge in [-0.1, -0.05) is 18.2 Å². The lowest BCUT2D eigenvalue weighted by atomic mass is 10.1. The van der Waals surface area contributed by atoms with E-state index in [4.69, 9.17) is 4.74 Å². The van der Waals surface area contributed by atoms with Gasteiger partial charge in [0.05, 0.1) is 23.5 Å². The molecule has 0 fully saturated rings. The van der Waals surface area contributed by atoms with Crippen molar-refractivity contribution in [3.63, 3.8) is 0 Å². The van der Waals surface area contributed by atoms with Crippen LogP contribution in [0.3, 0.4) is 0 Å². The smallest absolute Gasteiger partial charge is 0.416 e. The Morgan fingerprint density at radius 3 is 2.46 bits per heavy atom. The largest absolute Gasteiger partial charge is 0.492 e. The fraction of sp³-hybridized carbons (Fsp3) is 0.235. The maximum atomic E-state index is 12.6. The van der Waals surface area contributed by atoms with E-state index >= 15 is 0 Å². The number of hydrogen-bond acceptors (Lipinski definition) is 4. The number of halogens is 3. The topological polar surface area (TPSA) is 81.5 Å². The van der Waals surface area contributed by atoms with E-state index in [1.54, 1.807) is 0 Å². The molecule has 9 heteroatoms. The van der Waals surface area contributed by atoms with Crippen molar-refractivity contribution in [2.24, 2.45) is 0 Å². The lowest BCUT2D eigenvalue weighted by Crippen LogP contribution is -2.29. The summed E-state index contributed by atoms with van der Waals surface area (Å²) < 4.78 is 43.0. The van der Waals surface area contributed by atoms with E-state index in [1.165, 1.54) is 36.4 Å². The standard InChI is InChI=1S/C17H15F3N2O4/c18-17(19,20)13-2-1-3-15(11-13)26-9-8-21-16(23)10-12-4-6-14(7-5-12)22(24)25/h1-7,11H,8-10H2,(H,21,23). The zero-order chi connectivity index (χ0) is 19.2. The predicted molar refractivity (Wildman–Crippen MR) is 86.7 cm³/mol. The number of alkyl halides is 3. The molecule has 0 atom stereocenters. The van der Waals surface area contributed by atoms with Gasteiger partial charge in [-0.15, -0.1) is 0 Å². The zero-order valence-electron chi connectivity index (χ0n) is 13.5. The molecule has 0 bridgehead atoms. The quantitative estimate of drug-likeness (QED) is 0.462. The van der Waals surface area contributed by atoms with Gasteiger partial charge >= 0.3 is 6.18 Å². The average molecular weight is 368 g/mol. The first-order chi connectivity index (χ1) is 12.3. The highest BCUT2D eigenvalue weighted by Gasteiger charge is 2.30. The van der Waals surface area contributed by atoms with E-state index in [0.717, 1.165) is 12.1 Å². The summed E-state index contributed by atoms with van der Waals surface area (Å²) in [5.74, 6) is -0.268. The van der Waals surface area contributed by atoms with Crippen LogP contribution in [0.4, 0.5) is 18.9 Å². The number of carbonyl (C=O) groups excluding carboxylic acids is 1. The second-order valence-electron chi connectivity index (χ2n) is 5.32. The van der Waals surface area contributed by atoms with E-state index in [-0.39, 0.29) is 36.9 Å². The van der Waals surface area contributed by atoms with Crippen molar-refractivity contribution in [1.29, 1.82) is 0 Å². The van der Waals surface area contributed by atoms with Gasteiger partial charge in [-0.25, -0.2) is 0 Å². The molecular formula is C17H15F3N2O4. The van der Waals surface area contributed by atoms with Gasteiger partial charge in [0.25, 0.3) is 5.69 Å². The van der Waals surface area contributed by atoms with Crippen molar-refractivity contribution in [3.8, 4) is 5.75 Å². The molecule has 2 aromatic carbocycles. The molecule has 0 spiro atoms. The second-order valence-corrected chi connectivity index (χ2v) is 5.32. The van der Waals surface area contributed by atoms with Gasteiger partial charge in [-0.05, 0) is 23.8 Å². The molecule has 1 N–H and O–H groups in total. The monoisotopic (exact) mass is 368 g/mol. The molecular weight excluding hydrogens is 353 g/mol. The van der Waals surface area contributed by atoms with Gasteiger partial charge in [0.2, 0.25) is 5.91 Å². The van der Waals surface area contributed by atoms with Crippen molar-refractivity contribution >= 4 is 11.6 Å². The van der Waals surface area contributed by atoms with Gasteiger partial charge in [-0.2, -0.15) is 13.2 Å². The molecule has 0 saturated carbocycles. The molecule has 0 unspecified atom stereocenters. The van der Waals surface area contributed by atoms with Gasteiger partial charge in [0, 0.05) is 12.1 Å². The van der Waals surface area contributed by atoms with Gasteiger partial charge < -0.3 is 10.1 Å². The lowest BCUT2D eigenvalue weighted by Gasteiger charge is -2.10. The maximum absolute atomic E-state index is 12.6. The zero-order valence-corrected chi connectivity index (χ0v) is 13.5. The highest BCUT2D eigenvalue weighted by atomic mass is 19.4. The molecule has 2 aromatic rings. The number of ether oxygens (including phenoxy) is 1. The van der Waals surface area contributed by atoms with Crippen LogP contribution >= 0.6 is 0 Å². The summed E-state index contributed by atoms with van der Waals surface area (Å²) >= 11 is 0. The molecule has 0 heterocycles. The molecule has 0 radical (unpaired) electrons. The van der Waals surface area contributed by atoms with Crippen LogP contribution in [0.2, 0.25) is 0 Å². The number of nitrogens with zero attached hydrogens (tertiary/aromatic N) is 1. The first-order valence-electron chi connectivity index (χ1n) is 7.56. The number of hydrogen-bond donors (Lipinski definition) is 1.